The van der Waals surface area contributed by atoms with Crippen LogP contribution in [-0.4, -0.2) is 39.5 Å². The average molecular weight is 463 g/mol. The van der Waals surface area contributed by atoms with E-state index >= 15 is 0 Å². The molecule has 0 radical (unpaired) electrons. The predicted molar refractivity (Wildman–Crippen MR) is 123 cm³/mol. The Balaban J connectivity index is 2.19. The van der Waals surface area contributed by atoms with Gasteiger partial charge in [-0.2, -0.15) is 0 Å². The van der Waals surface area contributed by atoms with Crippen molar-refractivity contribution in [2.24, 2.45) is 0 Å². The molecule has 2 aromatic rings. The molecule has 0 atom stereocenters. The Bertz CT molecular complexity index is 1030. The summed E-state index contributed by atoms with van der Waals surface area (Å²) in [5.74, 6) is -0.745. The highest BCUT2D eigenvalue weighted by Gasteiger charge is 2.23. The monoisotopic (exact) mass is 462 g/mol. The molecular weight excluding hydrogens is 432 g/mol. The second kappa shape index (κ2) is 11.6. The summed E-state index contributed by atoms with van der Waals surface area (Å²) in [6.07, 6.45) is 1.73. The zero-order valence-corrected chi connectivity index (χ0v) is 19.6. The lowest BCUT2D eigenvalue weighted by Crippen LogP contribution is -2.30. The van der Waals surface area contributed by atoms with Gasteiger partial charge < -0.3 is 14.8 Å². The number of hydrogen-bond donors (Lipinski definition) is 2. The zero-order chi connectivity index (χ0) is 23.7. The lowest BCUT2D eigenvalue weighted by molar-refractivity contribution is 0.0499. The molecule has 9 heteroatoms. The fourth-order valence-electron chi connectivity index (χ4n) is 2.79. The molecule has 0 saturated carbocycles. The number of hydrogen-bond acceptors (Lipinski definition) is 6. The molecule has 0 heterocycles. The summed E-state index contributed by atoms with van der Waals surface area (Å²) in [6.45, 7) is 7.81. The number of ether oxygens (including phenoxy) is 2. The highest BCUT2D eigenvalue weighted by molar-refractivity contribution is 7.89. The first-order chi connectivity index (χ1) is 15.2. The fraction of sp³-hybridized carbons (Fsp3) is 0.391. The number of sulfonamides is 1. The van der Waals surface area contributed by atoms with Crippen molar-refractivity contribution in [1.29, 1.82) is 0 Å². The van der Waals surface area contributed by atoms with E-state index in [2.05, 4.69) is 10.0 Å². The van der Waals surface area contributed by atoms with Gasteiger partial charge in [0.15, 0.2) is 0 Å². The first-order valence-electron chi connectivity index (χ1n) is 10.6. The van der Waals surface area contributed by atoms with E-state index < -0.39 is 21.9 Å². The largest absolute Gasteiger partial charge is 0.492 e. The fourth-order valence-corrected chi connectivity index (χ4v) is 4.21. The van der Waals surface area contributed by atoms with E-state index in [9.17, 15) is 18.0 Å². The quantitative estimate of drug-likeness (QED) is 0.386. The third-order valence-corrected chi connectivity index (χ3v) is 5.98. The molecule has 2 N–H and O–H groups in total. The van der Waals surface area contributed by atoms with E-state index in [-0.39, 0.29) is 28.9 Å². The van der Waals surface area contributed by atoms with Gasteiger partial charge in [0.2, 0.25) is 10.0 Å². The number of amides is 1. The van der Waals surface area contributed by atoms with Gasteiger partial charge in [-0.3, -0.25) is 4.79 Å². The van der Waals surface area contributed by atoms with Gasteiger partial charge in [0, 0.05) is 17.3 Å². The Morgan fingerprint density at radius 3 is 2.25 bits per heavy atom. The average Bonchev–Trinajstić information content (AvgIpc) is 2.73. The van der Waals surface area contributed by atoms with Crippen molar-refractivity contribution in [3.8, 4) is 5.75 Å². The van der Waals surface area contributed by atoms with Crippen molar-refractivity contribution < 1.29 is 27.5 Å². The number of benzene rings is 2. The van der Waals surface area contributed by atoms with Crippen molar-refractivity contribution in [2.75, 3.05) is 18.5 Å². The minimum absolute atomic E-state index is 0.106. The van der Waals surface area contributed by atoms with Crippen LogP contribution in [0.1, 0.15) is 61.3 Å². The van der Waals surface area contributed by atoms with Gasteiger partial charge in [0.05, 0.1) is 18.8 Å². The molecule has 174 valence electrons. The number of rotatable bonds is 11. The van der Waals surface area contributed by atoms with Crippen LogP contribution in [-0.2, 0) is 14.8 Å². The van der Waals surface area contributed by atoms with E-state index in [1.54, 1.807) is 45.0 Å². The maximum absolute atomic E-state index is 12.7. The van der Waals surface area contributed by atoms with Crippen molar-refractivity contribution in [1.82, 2.24) is 4.72 Å². The summed E-state index contributed by atoms with van der Waals surface area (Å²) in [5, 5.41) is 2.70. The Labute approximate surface area is 189 Å². The maximum Gasteiger partial charge on any atom is 0.338 e. The summed E-state index contributed by atoms with van der Waals surface area (Å²) in [6, 6.07) is 10.2. The molecule has 0 unspecified atom stereocenters. The first kappa shape index (κ1) is 25.4. The molecule has 0 fully saturated rings. The highest BCUT2D eigenvalue weighted by Crippen LogP contribution is 2.26. The molecule has 0 aliphatic carbocycles. The lowest BCUT2D eigenvalue weighted by atomic mass is 10.1. The van der Waals surface area contributed by atoms with Crippen LogP contribution >= 0.6 is 0 Å². The van der Waals surface area contributed by atoms with E-state index in [0.717, 1.165) is 12.8 Å². The Hall–Kier alpha value is -2.91. The molecule has 2 rings (SSSR count). The van der Waals surface area contributed by atoms with Gasteiger partial charge in [-0.15, -0.1) is 0 Å². The van der Waals surface area contributed by atoms with Crippen LogP contribution in [0.25, 0.3) is 0 Å². The van der Waals surface area contributed by atoms with Crippen LogP contribution in [0.4, 0.5) is 5.69 Å². The minimum atomic E-state index is -3.87. The molecule has 0 bridgehead atoms. The molecule has 2 aromatic carbocycles. The van der Waals surface area contributed by atoms with Crippen LogP contribution < -0.4 is 14.8 Å². The summed E-state index contributed by atoms with van der Waals surface area (Å²) >= 11 is 0. The number of anilines is 1. The van der Waals surface area contributed by atoms with Crippen molar-refractivity contribution >= 4 is 27.6 Å². The van der Waals surface area contributed by atoms with Crippen LogP contribution in [0.5, 0.6) is 5.75 Å². The van der Waals surface area contributed by atoms with Crippen LogP contribution in [0.3, 0.4) is 0 Å². The van der Waals surface area contributed by atoms with E-state index in [1.165, 1.54) is 18.2 Å². The second-order valence-electron chi connectivity index (χ2n) is 7.39. The summed E-state index contributed by atoms with van der Waals surface area (Å²) in [7, 11) is -3.87. The molecular formula is C23H30N2O6S. The van der Waals surface area contributed by atoms with Gasteiger partial charge >= 0.3 is 5.97 Å². The van der Waals surface area contributed by atoms with Crippen molar-refractivity contribution in [2.45, 2.75) is 51.5 Å². The van der Waals surface area contributed by atoms with E-state index in [0.29, 0.717) is 17.9 Å². The maximum atomic E-state index is 12.7. The minimum Gasteiger partial charge on any atom is -0.492 e. The summed E-state index contributed by atoms with van der Waals surface area (Å²) in [5.41, 5.74) is 0.993. The number of esters is 1. The Kier molecular flexibility index (Phi) is 9.22. The predicted octanol–water partition coefficient (Wildman–Crippen LogP) is 3.98. The third kappa shape index (κ3) is 7.06. The van der Waals surface area contributed by atoms with Gasteiger partial charge in [0.25, 0.3) is 5.91 Å². The number of carbonyl (C=O) groups is 2. The van der Waals surface area contributed by atoms with Crippen molar-refractivity contribution in [3.63, 3.8) is 0 Å². The standard InChI is InChI=1S/C23H30N2O6S/c1-5-7-14-31-23(27)17-8-11-19(12-9-17)24-22(26)18-10-13-20(30-6-2)21(15-18)32(28,29)25-16(3)4/h8-13,15-16,25H,5-7,14H2,1-4H3,(H,24,26). The van der Waals surface area contributed by atoms with E-state index in [1.807, 2.05) is 6.92 Å². The topological polar surface area (TPSA) is 111 Å². The van der Waals surface area contributed by atoms with Crippen LogP contribution in [0.15, 0.2) is 47.4 Å². The Morgan fingerprint density at radius 1 is 1.00 bits per heavy atom. The van der Waals surface area contributed by atoms with Gasteiger partial charge in [-0.1, -0.05) is 13.3 Å². The molecule has 0 aliphatic rings. The molecule has 0 aromatic heterocycles. The Morgan fingerprint density at radius 2 is 1.66 bits per heavy atom. The van der Waals surface area contributed by atoms with Crippen LogP contribution in [0, 0.1) is 0 Å². The molecule has 0 saturated heterocycles. The SMILES string of the molecule is CCCCOC(=O)c1ccc(NC(=O)c2ccc(OCC)c(S(=O)(=O)NC(C)C)c2)cc1. The normalized spacial score (nSPS) is 11.3. The number of unbranched alkanes of at least 4 members (excludes halogenated alkanes) is 1. The van der Waals surface area contributed by atoms with Gasteiger partial charge in [-0.05, 0) is 69.7 Å². The second-order valence-corrected chi connectivity index (χ2v) is 9.07. The summed E-state index contributed by atoms with van der Waals surface area (Å²) < 4.78 is 38.5. The smallest absolute Gasteiger partial charge is 0.338 e. The number of nitrogens with one attached hydrogen (secondary N) is 2. The molecule has 0 aliphatic heterocycles. The molecule has 1 amide bonds. The highest BCUT2D eigenvalue weighted by atomic mass is 32.2. The zero-order valence-electron chi connectivity index (χ0n) is 18.8. The van der Waals surface area contributed by atoms with Crippen molar-refractivity contribution in [3.05, 3.63) is 53.6 Å². The molecule has 32 heavy (non-hydrogen) atoms. The third-order valence-electron chi connectivity index (χ3n) is 4.30. The lowest BCUT2D eigenvalue weighted by Gasteiger charge is -2.15. The van der Waals surface area contributed by atoms with E-state index in [4.69, 9.17) is 9.47 Å². The molecule has 8 nitrogen and oxygen atoms in total. The first-order valence-corrected chi connectivity index (χ1v) is 12.0. The summed E-state index contributed by atoms with van der Waals surface area (Å²) in [4.78, 5) is 24.6. The number of carbonyl (C=O) groups excluding carboxylic acids is 2. The molecule has 0 spiro atoms. The van der Waals surface area contributed by atoms with Gasteiger partial charge in [0.1, 0.15) is 10.6 Å². The van der Waals surface area contributed by atoms with Gasteiger partial charge in [-0.25, -0.2) is 17.9 Å². The van der Waals surface area contributed by atoms with Crippen LogP contribution in [0.2, 0.25) is 0 Å².